The summed E-state index contributed by atoms with van der Waals surface area (Å²) in [4.78, 5) is 33.5. The van der Waals surface area contributed by atoms with Crippen molar-refractivity contribution in [3.8, 4) is 0 Å². The van der Waals surface area contributed by atoms with E-state index < -0.39 is 36.3 Å². The van der Waals surface area contributed by atoms with Crippen LogP contribution in [0.2, 0.25) is 0 Å². The Kier molecular flexibility index (Phi) is 5.67. The lowest BCUT2D eigenvalue weighted by atomic mass is 10.1. The van der Waals surface area contributed by atoms with Crippen LogP contribution in [-0.2, 0) is 20.8 Å². The van der Waals surface area contributed by atoms with E-state index in [9.17, 15) is 14.4 Å². The van der Waals surface area contributed by atoms with Crippen molar-refractivity contribution >= 4 is 17.8 Å². The highest BCUT2D eigenvalue weighted by Gasteiger charge is 2.22. The first kappa shape index (κ1) is 15.6. The number of carbonyl (C=O) groups excluding carboxylic acids is 2. The molecule has 7 heteroatoms. The first-order valence-corrected chi connectivity index (χ1v) is 6.01. The van der Waals surface area contributed by atoms with E-state index in [1.165, 1.54) is 0 Å². The number of hydrogen-bond donors (Lipinski definition) is 4. The molecule has 1 aromatic rings. The Hall–Kier alpha value is -2.41. The first-order valence-electron chi connectivity index (χ1n) is 6.01. The van der Waals surface area contributed by atoms with Gasteiger partial charge in [0.1, 0.15) is 12.1 Å². The molecule has 6 N–H and O–H groups in total. The van der Waals surface area contributed by atoms with Crippen molar-refractivity contribution in [2.24, 2.45) is 11.5 Å². The van der Waals surface area contributed by atoms with E-state index in [1.807, 2.05) is 6.07 Å². The van der Waals surface area contributed by atoms with E-state index in [2.05, 4.69) is 5.32 Å². The Morgan fingerprint density at radius 2 is 1.80 bits per heavy atom. The van der Waals surface area contributed by atoms with Gasteiger partial charge in [0.15, 0.2) is 0 Å². The molecule has 20 heavy (non-hydrogen) atoms. The van der Waals surface area contributed by atoms with Crippen LogP contribution in [0.5, 0.6) is 0 Å². The Morgan fingerprint density at radius 3 is 2.30 bits per heavy atom. The molecule has 0 heterocycles. The minimum absolute atomic E-state index is 0.240. The molecule has 0 bridgehead atoms. The summed E-state index contributed by atoms with van der Waals surface area (Å²) < 4.78 is 0. The number of benzene rings is 1. The molecule has 0 aliphatic rings. The maximum absolute atomic E-state index is 11.6. The third kappa shape index (κ3) is 5.07. The van der Waals surface area contributed by atoms with Crippen LogP contribution in [0.3, 0.4) is 0 Å². The second kappa shape index (κ2) is 7.25. The number of aliphatic carboxylic acids is 1. The van der Waals surface area contributed by atoms with Crippen LogP contribution in [0.1, 0.15) is 12.0 Å². The normalized spacial score (nSPS) is 13.2. The molecule has 7 nitrogen and oxygen atoms in total. The molecular weight excluding hydrogens is 262 g/mol. The minimum Gasteiger partial charge on any atom is -0.480 e. The van der Waals surface area contributed by atoms with Crippen LogP contribution in [0, 0.1) is 0 Å². The molecule has 1 rings (SSSR count). The zero-order chi connectivity index (χ0) is 15.1. The van der Waals surface area contributed by atoms with Gasteiger partial charge in [0, 0.05) is 6.42 Å². The summed E-state index contributed by atoms with van der Waals surface area (Å²) in [5, 5.41) is 11.0. The summed E-state index contributed by atoms with van der Waals surface area (Å²) in [7, 11) is 0. The van der Waals surface area contributed by atoms with Crippen molar-refractivity contribution in [2.45, 2.75) is 24.9 Å². The van der Waals surface area contributed by atoms with Crippen molar-refractivity contribution in [1.82, 2.24) is 5.32 Å². The minimum atomic E-state index is -1.31. The molecule has 0 unspecified atom stereocenters. The van der Waals surface area contributed by atoms with Gasteiger partial charge >= 0.3 is 5.97 Å². The number of carboxylic acids is 1. The number of nitrogens with one attached hydrogen (secondary N) is 1. The maximum Gasteiger partial charge on any atom is 0.321 e. The van der Waals surface area contributed by atoms with Crippen LogP contribution in [-0.4, -0.2) is 35.0 Å². The predicted molar refractivity (Wildman–Crippen MR) is 71.5 cm³/mol. The molecular formula is C13H17N3O4. The smallest absolute Gasteiger partial charge is 0.321 e. The highest BCUT2D eigenvalue weighted by atomic mass is 16.4. The fourth-order valence-corrected chi connectivity index (χ4v) is 1.61. The first-order chi connectivity index (χ1) is 9.40. The number of amides is 2. The molecule has 2 atom stereocenters. The summed E-state index contributed by atoms with van der Waals surface area (Å²) in [6.45, 7) is 0. The van der Waals surface area contributed by atoms with Gasteiger partial charge in [-0.25, -0.2) is 0 Å². The topological polar surface area (TPSA) is 136 Å². The molecule has 1 aromatic carbocycles. The van der Waals surface area contributed by atoms with Gasteiger partial charge in [-0.15, -0.1) is 0 Å². The van der Waals surface area contributed by atoms with Crippen molar-refractivity contribution in [3.63, 3.8) is 0 Å². The summed E-state index contributed by atoms with van der Waals surface area (Å²) in [6.07, 6.45) is -0.169. The molecule has 0 fully saturated rings. The lowest BCUT2D eigenvalue weighted by Gasteiger charge is -2.16. The van der Waals surface area contributed by atoms with E-state index in [4.69, 9.17) is 16.6 Å². The van der Waals surface area contributed by atoms with Gasteiger partial charge in [0.05, 0.1) is 6.42 Å². The SMILES string of the molecule is NC(=O)[C@H](Cc1ccccc1)NC(=O)C[C@H](N)C(=O)O. The van der Waals surface area contributed by atoms with Crippen molar-refractivity contribution < 1.29 is 19.5 Å². The maximum atomic E-state index is 11.6. The van der Waals surface area contributed by atoms with E-state index in [-0.39, 0.29) is 6.42 Å². The standard InChI is InChI=1S/C13H17N3O4/c14-9(13(19)20)7-11(17)16-10(12(15)18)6-8-4-2-1-3-5-8/h1-5,9-10H,6-7,14H2,(H2,15,18)(H,16,17)(H,19,20)/t9-,10-/m0/s1. The summed E-state index contributed by atoms with van der Waals surface area (Å²) in [5.74, 6) is -2.59. The second-order valence-corrected chi connectivity index (χ2v) is 4.36. The van der Waals surface area contributed by atoms with Crippen LogP contribution in [0.15, 0.2) is 30.3 Å². The van der Waals surface area contributed by atoms with Gasteiger partial charge < -0.3 is 21.9 Å². The van der Waals surface area contributed by atoms with Crippen molar-refractivity contribution in [1.29, 1.82) is 0 Å². The number of carboxylic acid groups (broad SMARTS) is 1. The van der Waals surface area contributed by atoms with Gasteiger partial charge in [0.2, 0.25) is 11.8 Å². The van der Waals surface area contributed by atoms with Gasteiger partial charge in [-0.1, -0.05) is 30.3 Å². The highest BCUT2D eigenvalue weighted by Crippen LogP contribution is 2.03. The molecule has 2 amide bonds. The predicted octanol–water partition coefficient (Wildman–Crippen LogP) is -0.999. The molecule has 0 saturated carbocycles. The number of carbonyl (C=O) groups is 3. The van der Waals surface area contributed by atoms with Crippen molar-refractivity contribution in [2.75, 3.05) is 0 Å². The van der Waals surface area contributed by atoms with Gasteiger partial charge in [-0.2, -0.15) is 0 Å². The Morgan fingerprint density at radius 1 is 1.20 bits per heavy atom. The Labute approximate surface area is 115 Å². The third-order valence-electron chi connectivity index (χ3n) is 2.68. The summed E-state index contributed by atoms with van der Waals surface area (Å²) >= 11 is 0. The highest BCUT2D eigenvalue weighted by molar-refractivity contribution is 5.89. The average Bonchev–Trinajstić information content (AvgIpc) is 2.38. The van der Waals surface area contributed by atoms with Crippen LogP contribution in [0.4, 0.5) is 0 Å². The monoisotopic (exact) mass is 279 g/mol. The van der Waals surface area contributed by atoms with E-state index >= 15 is 0 Å². The van der Waals surface area contributed by atoms with Gasteiger partial charge in [-0.3, -0.25) is 14.4 Å². The summed E-state index contributed by atoms with van der Waals surface area (Å²) in [5.41, 5.74) is 11.3. The molecule has 108 valence electrons. The van der Waals surface area contributed by atoms with Crippen LogP contribution >= 0.6 is 0 Å². The summed E-state index contributed by atoms with van der Waals surface area (Å²) in [6, 6.07) is 6.82. The van der Waals surface area contributed by atoms with Crippen molar-refractivity contribution in [3.05, 3.63) is 35.9 Å². The molecule has 0 aliphatic heterocycles. The zero-order valence-electron chi connectivity index (χ0n) is 10.8. The largest absolute Gasteiger partial charge is 0.480 e. The molecule has 0 saturated heterocycles. The number of hydrogen-bond acceptors (Lipinski definition) is 4. The fourth-order valence-electron chi connectivity index (χ4n) is 1.61. The number of nitrogens with two attached hydrogens (primary N) is 2. The molecule has 0 aliphatic carbocycles. The number of rotatable bonds is 7. The molecule has 0 aromatic heterocycles. The van der Waals surface area contributed by atoms with E-state index in [0.717, 1.165) is 5.56 Å². The lowest BCUT2D eigenvalue weighted by molar-refractivity contribution is -0.140. The quantitative estimate of drug-likeness (QED) is 0.507. The molecule has 0 radical (unpaired) electrons. The zero-order valence-corrected chi connectivity index (χ0v) is 10.8. The van der Waals surface area contributed by atoms with E-state index in [0.29, 0.717) is 0 Å². The lowest BCUT2D eigenvalue weighted by Crippen LogP contribution is -2.48. The van der Waals surface area contributed by atoms with Crippen LogP contribution < -0.4 is 16.8 Å². The third-order valence-corrected chi connectivity index (χ3v) is 2.68. The van der Waals surface area contributed by atoms with Gasteiger partial charge in [0.25, 0.3) is 0 Å². The van der Waals surface area contributed by atoms with Crippen LogP contribution in [0.25, 0.3) is 0 Å². The fraction of sp³-hybridized carbons (Fsp3) is 0.308. The van der Waals surface area contributed by atoms with Gasteiger partial charge in [-0.05, 0) is 5.56 Å². The van der Waals surface area contributed by atoms with E-state index in [1.54, 1.807) is 24.3 Å². The Balaban J connectivity index is 2.62. The number of primary amides is 1. The second-order valence-electron chi connectivity index (χ2n) is 4.36. The Bertz CT molecular complexity index is 490. The average molecular weight is 279 g/mol. The molecule has 0 spiro atoms.